The Morgan fingerprint density at radius 2 is 2.00 bits per heavy atom. The predicted octanol–water partition coefficient (Wildman–Crippen LogP) is 3.45. The number of thiophene rings is 1. The van der Waals surface area contributed by atoms with Crippen LogP contribution in [0.4, 0.5) is 5.69 Å². The topological polar surface area (TPSA) is 79.6 Å². The fraction of sp³-hybridized carbons (Fsp3) is 0.267. The van der Waals surface area contributed by atoms with Gasteiger partial charge in [-0.15, -0.1) is 35.3 Å². The molecule has 8 heteroatoms. The fourth-order valence-corrected chi connectivity index (χ4v) is 2.77. The molecule has 0 aliphatic heterocycles. The zero-order chi connectivity index (χ0) is 15.9. The number of halogens is 1. The lowest BCUT2D eigenvalue weighted by Crippen LogP contribution is -2.36. The summed E-state index contributed by atoms with van der Waals surface area (Å²) in [6.07, 6.45) is 0. The van der Waals surface area contributed by atoms with E-state index >= 15 is 0 Å². The van der Waals surface area contributed by atoms with Crippen molar-refractivity contribution in [3.63, 3.8) is 0 Å². The molecule has 0 fully saturated rings. The number of hydrogen-bond donors (Lipinski definition) is 2. The molecular formula is C15H19IN4O2S. The van der Waals surface area contributed by atoms with E-state index in [2.05, 4.69) is 34.7 Å². The number of rotatable bonds is 5. The summed E-state index contributed by atoms with van der Waals surface area (Å²) in [4.78, 5) is 17.0. The van der Waals surface area contributed by atoms with Crippen molar-refractivity contribution in [1.82, 2.24) is 10.6 Å². The number of benzene rings is 1. The van der Waals surface area contributed by atoms with Crippen molar-refractivity contribution in [2.24, 2.45) is 4.99 Å². The molecule has 0 saturated carbocycles. The summed E-state index contributed by atoms with van der Waals surface area (Å²) in [6, 6.07) is 10.7. The van der Waals surface area contributed by atoms with Crippen LogP contribution in [0.5, 0.6) is 0 Å². The second-order valence-corrected chi connectivity index (χ2v) is 6.09. The Morgan fingerprint density at radius 1 is 1.26 bits per heavy atom. The van der Waals surface area contributed by atoms with Gasteiger partial charge in [0.25, 0.3) is 5.69 Å². The third kappa shape index (κ3) is 6.14. The van der Waals surface area contributed by atoms with Crippen molar-refractivity contribution in [1.29, 1.82) is 0 Å². The van der Waals surface area contributed by atoms with Gasteiger partial charge in [0, 0.05) is 35.5 Å². The highest BCUT2D eigenvalue weighted by atomic mass is 127. The molecule has 0 aliphatic carbocycles. The molecule has 124 valence electrons. The van der Waals surface area contributed by atoms with Crippen LogP contribution in [0.3, 0.4) is 0 Å². The SMILES string of the molecule is CN=C(NCc1cccc([N+](=O)[O-])c1)NCc1ccc(C)s1.I. The van der Waals surface area contributed by atoms with Crippen LogP contribution in [0, 0.1) is 17.0 Å². The van der Waals surface area contributed by atoms with Crippen LogP contribution >= 0.6 is 35.3 Å². The van der Waals surface area contributed by atoms with E-state index in [1.165, 1.54) is 15.8 Å². The minimum absolute atomic E-state index is 0. The molecule has 0 bridgehead atoms. The van der Waals surface area contributed by atoms with Crippen LogP contribution in [0.15, 0.2) is 41.4 Å². The second kappa shape index (κ2) is 9.46. The van der Waals surface area contributed by atoms with E-state index in [0.29, 0.717) is 19.0 Å². The molecule has 2 rings (SSSR count). The monoisotopic (exact) mass is 446 g/mol. The number of aryl methyl sites for hydroxylation is 1. The standard InChI is InChI=1S/C15H18N4O2S.HI/c1-11-6-7-14(22-11)10-18-15(16-2)17-9-12-4-3-5-13(8-12)19(20)21;/h3-8H,9-10H2,1-2H3,(H2,16,17,18);1H. The first-order valence-electron chi connectivity index (χ1n) is 6.81. The van der Waals surface area contributed by atoms with Gasteiger partial charge in [-0.05, 0) is 24.6 Å². The third-order valence-electron chi connectivity index (χ3n) is 3.03. The highest BCUT2D eigenvalue weighted by molar-refractivity contribution is 14.0. The Balaban J connectivity index is 0.00000264. The maximum atomic E-state index is 10.8. The molecule has 0 spiro atoms. The molecule has 1 aromatic carbocycles. The molecule has 0 atom stereocenters. The van der Waals surface area contributed by atoms with Gasteiger partial charge in [-0.1, -0.05) is 12.1 Å². The lowest BCUT2D eigenvalue weighted by atomic mass is 10.2. The molecule has 0 unspecified atom stereocenters. The highest BCUT2D eigenvalue weighted by Gasteiger charge is 2.06. The van der Waals surface area contributed by atoms with E-state index in [0.717, 1.165) is 5.56 Å². The Labute approximate surface area is 156 Å². The molecule has 0 saturated heterocycles. The summed E-state index contributed by atoms with van der Waals surface area (Å²) in [5.74, 6) is 0.664. The van der Waals surface area contributed by atoms with Crippen LogP contribution < -0.4 is 10.6 Å². The molecule has 0 amide bonds. The number of non-ortho nitro benzene ring substituents is 1. The Morgan fingerprint density at radius 3 is 2.61 bits per heavy atom. The summed E-state index contributed by atoms with van der Waals surface area (Å²) in [5.41, 5.74) is 0.931. The summed E-state index contributed by atoms with van der Waals surface area (Å²) in [7, 11) is 1.70. The quantitative estimate of drug-likeness (QED) is 0.243. The van der Waals surface area contributed by atoms with Crippen LogP contribution in [0.25, 0.3) is 0 Å². The number of nitrogens with one attached hydrogen (secondary N) is 2. The molecule has 6 nitrogen and oxygen atoms in total. The summed E-state index contributed by atoms with van der Waals surface area (Å²) >= 11 is 1.74. The third-order valence-corrected chi connectivity index (χ3v) is 4.03. The molecule has 0 radical (unpaired) electrons. The Hall–Kier alpha value is -1.68. The van der Waals surface area contributed by atoms with Gasteiger partial charge in [0.1, 0.15) is 0 Å². The van der Waals surface area contributed by atoms with Crippen LogP contribution in [-0.2, 0) is 13.1 Å². The maximum Gasteiger partial charge on any atom is 0.269 e. The van der Waals surface area contributed by atoms with E-state index in [1.54, 1.807) is 30.5 Å². The van der Waals surface area contributed by atoms with Gasteiger partial charge in [-0.2, -0.15) is 0 Å². The number of guanidine groups is 1. The predicted molar refractivity (Wildman–Crippen MR) is 105 cm³/mol. The van der Waals surface area contributed by atoms with Crippen molar-refractivity contribution in [2.75, 3.05) is 7.05 Å². The van der Waals surface area contributed by atoms with Crippen molar-refractivity contribution in [3.8, 4) is 0 Å². The van der Waals surface area contributed by atoms with E-state index < -0.39 is 4.92 Å². The van der Waals surface area contributed by atoms with Gasteiger partial charge in [-0.25, -0.2) is 0 Å². The lowest BCUT2D eigenvalue weighted by Gasteiger charge is -2.11. The minimum Gasteiger partial charge on any atom is -0.352 e. The van der Waals surface area contributed by atoms with Crippen LogP contribution in [0.1, 0.15) is 15.3 Å². The van der Waals surface area contributed by atoms with Crippen molar-refractivity contribution >= 4 is 47.0 Å². The fourth-order valence-electron chi connectivity index (χ4n) is 1.94. The molecule has 1 heterocycles. The largest absolute Gasteiger partial charge is 0.352 e. The van der Waals surface area contributed by atoms with Gasteiger partial charge in [0.15, 0.2) is 5.96 Å². The molecule has 1 aromatic heterocycles. The smallest absolute Gasteiger partial charge is 0.269 e. The average Bonchev–Trinajstić information content (AvgIpc) is 2.93. The normalized spacial score (nSPS) is 10.8. The molecule has 23 heavy (non-hydrogen) atoms. The average molecular weight is 446 g/mol. The van der Waals surface area contributed by atoms with E-state index in [9.17, 15) is 10.1 Å². The zero-order valence-electron chi connectivity index (χ0n) is 12.9. The highest BCUT2D eigenvalue weighted by Crippen LogP contribution is 2.14. The van der Waals surface area contributed by atoms with Crippen molar-refractivity contribution in [2.45, 2.75) is 20.0 Å². The molecule has 2 N–H and O–H groups in total. The van der Waals surface area contributed by atoms with E-state index in [-0.39, 0.29) is 29.7 Å². The summed E-state index contributed by atoms with van der Waals surface area (Å²) < 4.78 is 0. The first kappa shape index (κ1) is 19.4. The first-order chi connectivity index (χ1) is 10.6. The maximum absolute atomic E-state index is 10.8. The van der Waals surface area contributed by atoms with E-state index in [4.69, 9.17) is 0 Å². The molecular weight excluding hydrogens is 427 g/mol. The molecule has 2 aromatic rings. The lowest BCUT2D eigenvalue weighted by molar-refractivity contribution is -0.384. The van der Waals surface area contributed by atoms with E-state index in [1.807, 2.05) is 6.07 Å². The summed E-state index contributed by atoms with van der Waals surface area (Å²) in [5, 5.41) is 17.1. The van der Waals surface area contributed by atoms with Gasteiger partial charge >= 0.3 is 0 Å². The number of aliphatic imine (C=N–C) groups is 1. The molecule has 0 aliphatic rings. The Kier molecular flexibility index (Phi) is 7.96. The Bertz CT molecular complexity index is 688. The minimum atomic E-state index is -0.393. The van der Waals surface area contributed by atoms with Crippen molar-refractivity contribution in [3.05, 3.63) is 61.8 Å². The summed E-state index contributed by atoms with van der Waals surface area (Å²) in [6.45, 7) is 3.25. The number of nitro groups is 1. The van der Waals surface area contributed by atoms with Gasteiger partial charge in [0.2, 0.25) is 0 Å². The number of hydrogen-bond acceptors (Lipinski definition) is 4. The first-order valence-corrected chi connectivity index (χ1v) is 7.63. The van der Waals surface area contributed by atoms with Crippen LogP contribution in [0.2, 0.25) is 0 Å². The second-order valence-electron chi connectivity index (χ2n) is 4.72. The van der Waals surface area contributed by atoms with Gasteiger partial charge in [0.05, 0.1) is 11.5 Å². The van der Waals surface area contributed by atoms with Gasteiger partial charge < -0.3 is 10.6 Å². The van der Waals surface area contributed by atoms with Crippen molar-refractivity contribution < 1.29 is 4.92 Å². The van der Waals surface area contributed by atoms with Crippen LogP contribution in [-0.4, -0.2) is 17.9 Å². The number of nitrogens with zero attached hydrogens (tertiary/aromatic N) is 2. The zero-order valence-corrected chi connectivity index (χ0v) is 16.1. The number of nitro benzene ring substituents is 1. The van der Waals surface area contributed by atoms with Gasteiger partial charge in [-0.3, -0.25) is 15.1 Å².